The van der Waals surface area contributed by atoms with Gasteiger partial charge in [-0.2, -0.15) is 0 Å². The van der Waals surface area contributed by atoms with E-state index < -0.39 is 0 Å². The van der Waals surface area contributed by atoms with E-state index in [9.17, 15) is 0 Å². The standard InChI is InChI=1S/C14H22ClN/c1-5-11(2)16-10-14(3,4)12-8-6-7-9-13(12)15/h6-9,11,16H,5,10H2,1-4H3. The van der Waals surface area contributed by atoms with Crippen LogP contribution in [0.4, 0.5) is 0 Å². The van der Waals surface area contributed by atoms with Gasteiger partial charge in [-0.15, -0.1) is 0 Å². The summed E-state index contributed by atoms with van der Waals surface area (Å²) in [5, 5.41) is 4.40. The Labute approximate surface area is 104 Å². The number of hydrogen-bond acceptors (Lipinski definition) is 1. The molecule has 2 heteroatoms. The Morgan fingerprint density at radius 3 is 2.50 bits per heavy atom. The Balaban J connectivity index is 2.74. The molecular formula is C14H22ClN. The summed E-state index contributed by atoms with van der Waals surface area (Å²) in [6.45, 7) is 9.81. The van der Waals surface area contributed by atoms with Crippen molar-refractivity contribution in [3.05, 3.63) is 34.9 Å². The van der Waals surface area contributed by atoms with Crippen LogP contribution in [-0.4, -0.2) is 12.6 Å². The van der Waals surface area contributed by atoms with Crippen molar-refractivity contribution in [3.63, 3.8) is 0 Å². The van der Waals surface area contributed by atoms with E-state index in [1.165, 1.54) is 5.56 Å². The molecule has 0 aromatic heterocycles. The molecule has 1 aromatic carbocycles. The van der Waals surface area contributed by atoms with Crippen molar-refractivity contribution in [3.8, 4) is 0 Å². The van der Waals surface area contributed by atoms with Crippen molar-refractivity contribution in [1.82, 2.24) is 5.32 Å². The highest BCUT2D eigenvalue weighted by Crippen LogP contribution is 2.29. The van der Waals surface area contributed by atoms with Crippen molar-refractivity contribution in [1.29, 1.82) is 0 Å². The van der Waals surface area contributed by atoms with Crippen molar-refractivity contribution < 1.29 is 0 Å². The Bertz CT molecular complexity index is 333. The first-order valence-corrected chi connectivity index (χ1v) is 6.33. The van der Waals surface area contributed by atoms with Gasteiger partial charge in [0.25, 0.3) is 0 Å². The van der Waals surface area contributed by atoms with Crippen molar-refractivity contribution in [2.24, 2.45) is 0 Å². The van der Waals surface area contributed by atoms with Crippen LogP contribution in [-0.2, 0) is 5.41 Å². The van der Waals surface area contributed by atoms with Crippen molar-refractivity contribution in [2.75, 3.05) is 6.54 Å². The van der Waals surface area contributed by atoms with Crippen LogP contribution in [0.1, 0.15) is 39.7 Å². The third-order valence-corrected chi connectivity index (χ3v) is 3.44. The summed E-state index contributed by atoms with van der Waals surface area (Å²) in [5.41, 5.74) is 1.29. The van der Waals surface area contributed by atoms with E-state index in [-0.39, 0.29) is 5.41 Å². The number of nitrogens with one attached hydrogen (secondary N) is 1. The molecule has 1 unspecified atom stereocenters. The number of benzene rings is 1. The van der Waals surface area contributed by atoms with E-state index in [2.05, 4.69) is 39.1 Å². The minimum atomic E-state index is 0.0712. The highest BCUT2D eigenvalue weighted by molar-refractivity contribution is 6.31. The lowest BCUT2D eigenvalue weighted by atomic mass is 9.84. The van der Waals surface area contributed by atoms with E-state index in [0.29, 0.717) is 6.04 Å². The first-order chi connectivity index (χ1) is 7.47. The van der Waals surface area contributed by atoms with Crippen LogP contribution in [0.25, 0.3) is 0 Å². The molecule has 0 amide bonds. The summed E-state index contributed by atoms with van der Waals surface area (Å²) in [7, 11) is 0. The molecule has 0 aliphatic rings. The molecular weight excluding hydrogens is 218 g/mol. The van der Waals surface area contributed by atoms with E-state index in [4.69, 9.17) is 11.6 Å². The average molecular weight is 240 g/mol. The maximum Gasteiger partial charge on any atom is 0.0443 e. The van der Waals surface area contributed by atoms with Crippen LogP contribution in [0.3, 0.4) is 0 Å². The van der Waals surface area contributed by atoms with Gasteiger partial charge in [-0.3, -0.25) is 0 Å². The fourth-order valence-electron chi connectivity index (χ4n) is 1.68. The maximum atomic E-state index is 6.23. The van der Waals surface area contributed by atoms with Gasteiger partial charge < -0.3 is 5.32 Å². The van der Waals surface area contributed by atoms with E-state index in [0.717, 1.165) is 18.0 Å². The lowest BCUT2D eigenvalue weighted by Gasteiger charge is -2.28. The Kier molecular flexibility index (Phi) is 4.82. The van der Waals surface area contributed by atoms with Gasteiger partial charge in [0.2, 0.25) is 0 Å². The molecule has 0 saturated carbocycles. The Hall–Kier alpha value is -0.530. The largest absolute Gasteiger partial charge is 0.313 e. The summed E-state index contributed by atoms with van der Waals surface area (Å²) in [6, 6.07) is 8.65. The molecule has 1 rings (SSSR count). The smallest absolute Gasteiger partial charge is 0.0443 e. The second-order valence-electron chi connectivity index (χ2n) is 5.05. The van der Waals surface area contributed by atoms with Crippen LogP contribution in [0.2, 0.25) is 5.02 Å². The first-order valence-electron chi connectivity index (χ1n) is 5.95. The SMILES string of the molecule is CCC(C)NCC(C)(C)c1ccccc1Cl. The van der Waals surface area contributed by atoms with Crippen LogP contribution in [0.15, 0.2) is 24.3 Å². The van der Waals surface area contributed by atoms with Gasteiger partial charge in [-0.05, 0) is 25.0 Å². The Morgan fingerprint density at radius 2 is 1.94 bits per heavy atom. The highest BCUT2D eigenvalue weighted by atomic mass is 35.5. The van der Waals surface area contributed by atoms with Gasteiger partial charge in [-0.25, -0.2) is 0 Å². The van der Waals surface area contributed by atoms with Crippen molar-refractivity contribution in [2.45, 2.75) is 45.6 Å². The predicted molar refractivity (Wildman–Crippen MR) is 72.2 cm³/mol. The van der Waals surface area contributed by atoms with Gasteiger partial charge in [0.05, 0.1) is 0 Å². The van der Waals surface area contributed by atoms with Gasteiger partial charge in [0, 0.05) is 23.0 Å². The minimum Gasteiger partial charge on any atom is -0.313 e. The molecule has 16 heavy (non-hydrogen) atoms. The van der Waals surface area contributed by atoms with Gasteiger partial charge in [0.1, 0.15) is 0 Å². The van der Waals surface area contributed by atoms with E-state index in [1.54, 1.807) is 0 Å². The fraction of sp³-hybridized carbons (Fsp3) is 0.571. The number of hydrogen-bond donors (Lipinski definition) is 1. The predicted octanol–water partition coefficient (Wildman–Crippen LogP) is 4.01. The van der Waals surface area contributed by atoms with Gasteiger partial charge in [0.15, 0.2) is 0 Å². The molecule has 1 aromatic rings. The number of halogens is 1. The summed E-state index contributed by atoms with van der Waals surface area (Å²) in [5.74, 6) is 0. The van der Waals surface area contributed by atoms with Crippen molar-refractivity contribution >= 4 is 11.6 Å². The lowest BCUT2D eigenvalue weighted by molar-refractivity contribution is 0.424. The van der Waals surface area contributed by atoms with Crippen LogP contribution in [0, 0.1) is 0 Å². The third-order valence-electron chi connectivity index (χ3n) is 3.11. The second-order valence-corrected chi connectivity index (χ2v) is 5.46. The van der Waals surface area contributed by atoms with Gasteiger partial charge in [-0.1, -0.05) is 50.6 Å². The molecule has 1 N–H and O–H groups in total. The number of rotatable bonds is 5. The quantitative estimate of drug-likeness (QED) is 0.819. The average Bonchev–Trinajstić information content (AvgIpc) is 2.26. The molecule has 0 spiro atoms. The summed E-state index contributed by atoms with van der Waals surface area (Å²) in [6.07, 6.45) is 1.15. The zero-order valence-corrected chi connectivity index (χ0v) is 11.4. The molecule has 0 saturated heterocycles. The lowest BCUT2D eigenvalue weighted by Crippen LogP contribution is -2.37. The molecule has 0 fully saturated rings. The molecule has 1 nitrogen and oxygen atoms in total. The molecule has 1 atom stereocenters. The first kappa shape index (κ1) is 13.5. The molecule has 0 aliphatic carbocycles. The monoisotopic (exact) mass is 239 g/mol. The minimum absolute atomic E-state index is 0.0712. The topological polar surface area (TPSA) is 12.0 Å². The maximum absolute atomic E-state index is 6.23. The zero-order chi connectivity index (χ0) is 12.2. The summed E-state index contributed by atoms with van der Waals surface area (Å²) < 4.78 is 0. The molecule has 90 valence electrons. The Morgan fingerprint density at radius 1 is 1.31 bits per heavy atom. The summed E-state index contributed by atoms with van der Waals surface area (Å²) >= 11 is 6.23. The normalized spacial score (nSPS) is 13.8. The third kappa shape index (κ3) is 3.50. The zero-order valence-electron chi connectivity index (χ0n) is 10.7. The molecule has 0 radical (unpaired) electrons. The molecule has 0 heterocycles. The second kappa shape index (κ2) is 5.70. The van der Waals surface area contributed by atoms with Gasteiger partial charge >= 0.3 is 0 Å². The summed E-state index contributed by atoms with van der Waals surface area (Å²) in [4.78, 5) is 0. The fourth-order valence-corrected chi connectivity index (χ4v) is 2.07. The van der Waals surface area contributed by atoms with E-state index >= 15 is 0 Å². The van der Waals surface area contributed by atoms with E-state index in [1.807, 2.05) is 18.2 Å². The molecule has 0 aliphatic heterocycles. The van der Waals surface area contributed by atoms with Crippen LogP contribution in [0.5, 0.6) is 0 Å². The van der Waals surface area contributed by atoms with Crippen LogP contribution < -0.4 is 5.32 Å². The highest BCUT2D eigenvalue weighted by Gasteiger charge is 2.22. The molecule has 0 bridgehead atoms. The van der Waals surface area contributed by atoms with Crippen LogP contribution >= 0.6 is 11.6 Å².